The van der Waals surface area contributed by atoms with Gasteiger partial charge in [-0.15, -0.1) is 0 Å². The minimum absolute atomic E-state index is 0.0968. The molecule has 1 aromatic rings. The van der Waals surface area contributed by atoms with E-state index in [9.17, 15) is 9.18 Å². The molecule has 0 amide bonds. The van der Waals surface area contributed by atoms with Crippen molar-refractivity contribution in [2.24, 2.45) is 5.92 Å². The number of benzene rings is 1. The summed E-state index contributed by atoms with van der Waals surface area (Å²) < 4.78 is 23.9. The zero-order valence-electron chi connectivity index (χ0n) is 10.7. The van der Waals surface area contributed by atoms with Crippen LogP contribution in [0.5, 0.6) is 11.5 Å². The Morgan fingerprint density at radius 3 is 2.39 bits per heavy atom. The SMILES string of the molecule is COc1cc(F)c(C(=O)CC2CCC2)cc1OC. The summed E-state index contributed by atoms with van der Waals surface area (Å²) in [7, 11) is 2.91. The Labute approximate surface area is 106 Å². The van der Waals surface area contributed by atoms with E-state index in [1.54, 1.807) is 0 Å². The normalized spacial score (nSPS) is 15.1. The van der Waals surface area contributed by atoms with E-state index in [4.69, 9.17) is 9.47 Å². The van der Waals surface area contributed by atoms with Gasteiger partial charge in [-0.1, -0.05) is 19.3 Å². The Bertz CT molecular complexity index is 453. The zero-order valence-corrected chi connectivity index (χ0v) is 10.7. The third kappa shape index (κ3) is 2.47. The van der Waals surface area contributed by atoms with Crippen LogP contribution in [0.25, 0.3) is 0 Å². The van der Waals surface area contributed by atoms with E-state index in [1.165, 1.54) is 32.8 Å². The first-order valence-electron chi connectivity index (χ1n) is 6.10. The van der Waals surface area contributed by atoms with Crippen molar-refractivity contribution in [1.29, 1.82) is 0 Å². The Kier molecular flexibility index (Phi) is 3.84. The Morgan fingerprint density at radius 1 is 1.28 bits per heavy atom. The average Bonchev–Trinajstić information content (AvgIpc) is 2.33. The molecule has 18 heavy (non-hydrogen) atoms. The van der Waals surface area contributed by atoms with Crippen LogP contribution in [-0.4, -0.2) is 20.0 Å². The second-order valence-corrected chi connectivity index (χ2v) is 4.61. The summed E-state index contributed by atoms with van der Waals surface area (Å²) in [6, 6.07) is 2.63. The maximum Gasteiger partial charge on any atom is 0.166 e. The van der Waals surface area contributed by atoms with Gasteiger partial charge in [0.1, 0.15) is 5.82 Å². The average molecular weight is 252 g/mol. The lowest BCUT2D eigenvalue weighted by atomic mass is 9.81. The van der Waals surface area contributed by atoms with Gasteiger partial charge in [0, 0.05) is 12.5 Å². The van der Waals surface area contributed by atoms with Gasteiger partial charge in [0.25, 0.3) is 0 Å². The van der Waals surface area contributed by atoms with Crippen molar-refractivity contribution in [2.45, 2.75) is 25.7 Å². The molecule has 0 saturated heterocycles. The molecular weight excluding hydrogens is 235 g/mol. The molecule has 1 aliphatic carbocycles. The molecule has 0 spiro atoms. The summed E-state index contributed by atoms with van der Waals surface area (Å²) in [4.78, 5) is 12.0. The molecule has 1 saturated carbocycles. The van der Waals surface area contributed by atoms with Crippen LogP contribution in [-0.2, 0) is 0 Å². The third-order valence-corrected chi connectivity index (χ3v) is 3.47. The Hall–Kier alpha value is -1.58. The summed E-state index contributed by atoms with van der Waals surface area (Å²) in [6.07, 6.45) is 3.74. The molecule has 0 unspecified atom stereocenters. The van der Waals surface area contributed by atoms with Crippen molar-refractivity contribution in [3.63, 3.8) is 0 Å². The van der Waals surface area contributed by atoms with Gasteiger partial charge in [-0.2, -0.15) is 0 Å². The van der Waals surface area contributed by atoms with E-state index in [-0.39, 0.29) is 11.3 Å². The molecule has 0 radical (unpaired) electrons. The molecule has 3 nitrogen and oxygen atoms in total. The van der Waals surface area contributed by atoms with Crippen molar-refractivity contribution in [2.75, 3.05) is 14.2 Å². The van der Waals surface area contributed by atoms with E-state index in [0.29, 0.717) is 23.8 Å². The number of ketones is 1. The summed E-state index contributed by atoms with van der Waals surface area (Å²) in [6.45, 7) is 0. The number of hydrogen-bond donors (Lipinski definition) is 0. The van der Waals surface area contributed by atoms with Crippen LogP contribution >= 0.6 is 0 Å². The first-order chi connectivity index (χ1) is 8.65. The zero-order chi connectivity index (χ0) is 13.1. The van der Waals surface area contributed by atoms with Gasteiger partial charge < -0.3 is 9.47 Å². The fraction of sp³-hybridized carbons (Fsp3) is 0.500. The van der Waals surface area contributed by atoms with Crippen molar-refractivity contribution >= 4 is 5.78 Å². The van der Waals surface area contributed by atoms with Gasteiger partial charge in [-0.3, -0.25) is 4.79 Å². The summed E-state index contributed by atoms with van der Waals surface area (Å²) >= 11 is 0. The van der Waals surface area contributed by atoms with Crippen LogP contribution in [0.3, 0.4) is 0 Å². The van der Waals surface area contributed by atoms with Gasteiger partial charge in [0.15, 0.2) is 17.3 Å². The lowest BCUT2D eigenvalue weighted by Gasteiger charge is -2.24. The number of ether oxygens (including phenoxy) is 2. The van der Waals surface area contributed by atoms with Crippen LogP contribution in [0, 0.1) is 11.7 Å². The van der Waals surface area contributed by atoms with Crippen LogP contribution in [0.15, 0.2) is 12.1 Å². The Morgan fingerprint density at radius 2 is 1.89 bits per heavy atom. The third-order valence-electron chi connectivity index (χ3n) is 3.47. The number of carbonyl (C=O) groups is 1. The van der Waals surface area contributed by atoms with Crippen molar-refractivity contribution in [3.8, 4) is 11.5 Å². The first-order valence-corrected chi connectivity index (χ1v) is 6.10. The molecule has 0 aliphatic heterocycles. The smallest absolute Gasteiger partial charge is 0.166 e. The molecule has 4 heteroatoms. The highest BCUT2D eigenvalue weighted by Crippen LogP contribution is 2.34. The standard InChI is InChI=1S/C14H17FO3/c1-17-13-7-10(11(15)8-14(13)18-2)12(16)6-9-4-3-5-9/h7-9H,3-6H2,1-2H3. The summed E-state index contributed by atoms with van der Waals surface area (Å²) in [5.41, 5.74) is 0.0968. The van der Waals surface area contributed by atoms with Crippen LogP contribution < -0.4 is 9.47 Å². The maximum absolute atomic E-state index is 13.8. The number of hydrogen-bond acceptors (Lipinski definition) is 3. The van der Waals surface area contributed by atoms with Crippen molar-refractivity contribution in [1.82, 2.24) is 0 Å². The number of halogens is 1. The number of carbonyl (C=O) groups excluding carboxylic acids is 1. The molecule has 0 heterocycles. The number of methoxy groups -OCH3 is 2. The lowest BCUT2D eigenvalue weighted by Crippen LogP contribution is -2.16. The quantitative estimate of drug-likeness (QED) is 0.755. The van der Waals surface area contributed by atoms with Crippen molar-refractivity contribution < 1.29 is 18.7 Å². The highest BCUT2D eigenvalue weighted by atomic mass is 19.1. The molecule has 98 valence electrons. The van der Waals surface area contributed by atoms with E-state index in [0.717, 1.165) is 12.8 Å². The molecule has 1 aliphatic rings. The minimum Gasteiger partial charge on any atom is -0.493 e. The predicted molar refractivity (Wildman–Crippen MR) is 65.8 cm³/mol. The van der Waals surface area contributed by atoms with Gasteiger partial charge in [-0.25, -0.2) is 4.39 Å². The second-order valence-electron chi connectivity index (χ2n) is 4.61. The minimum atomic E-state index is -0.544. The van der Waals surface area contributed by atoms with E-state index in [1.807, 2.05) is 0 Å². The molecule has 0 bridgehead atoms. The van der Waals surface area contributed by atoms with Gasteiger partial charge >= 0.3 is 0 Å². The highest BCUT2D eigenvalue weighted by Gasteiger charge is 2.24. The van der Waals surface area contributed by atoms with E-state index >= 15 is 0 Å². The molecule has 2 rings (SSSR count). The summed E-state index contributed by atoms with van der Waals surface area (Å²) in [5, 5.41) is 0. The largest absolute Gasteiger partial charge is 0.493 e. The molecule has 0 aromatic heterocycles. The van der Waals surface area contributed by atoms with Crippen LogP contribution in [0.4, 0.5) is 4.39 Å². The number of rotatable bonds is 5. The van der Waals surface area contributed by atoms with E-state index in [2.05, 4.69) is 0 Å². The monoisotopic (exact) mass is 252 g/mol. The topological polar surface area (TPSA) is 35.5 Å². The van der Waals surface area contributed by atoms with Crippen LogP contribution in [0.2, 0.25) is 0 Å². The van der Waals surface area contributed by atoms with Crippen LogP contribution in [0.1, 0.15) is 36.0 Å². The lowest BCUT2D eigenvalue weighted by molar-refractivity contribution is 0.0932. The molecule has 0 atom stereocenters. The second kappa shape index (κ2) is 5.38. The van der Waals surface area contributed by atoms with Gasteiger partial charge in [0.05, 0.1) is 19.8 Å². The highest BCUT2D eigenvalue weighted by molar-refractivity contribution is 5.97. The number of Topliss-reactive ketones (excluding diaryl/α,β-unsaturated/α-hetero) is 1. The predicted octanol–water partition coefficient (Wildman–Crippen LogP) is 3.22. The molecule has 0 N–H and O–H groups in total. The first kappa shape index (κ1) is 12.9. The molecular formula is C14H17FO3. The summed E-state index contributed by atoms with van der Waals surface area (Å²) in [5.74, 6) is 0.408. The molecule has 1 fully saturated rings. The maximum atomic E-state index is 13.8. The fourth-order valence-corrected chi connectivity index (χ4v) is 2.14. The van der Waals surface area contributed by atoms with Gasteiger partial charge in [0.2, 0.25) is 0 Å². The van der Waals surface area contributed by atoms with Crippen molar-refractivity contribution in [3.05, 3.63) is 23.5 Å². The van der Waals surface area contributed by atoms with Gasteiger partial charge in [-0.05, 0) is 12.0 Å². The van der Waals surface area contributed by atoms with E-state index < -0.39 is 5.82 Å². The molecule has 1 aromatic carbocycles. The Balaban J connectivity index is 2.23. The fourth-order valence-electron chi connectivity index (χ4n) is 2.14.